The monoisotopic (exact) mass is 349 g/mol. The van der Waals surface area contributed by atoms with Crippen molar-refractivity contribution in [2.24, 2.45) is 0 Å². The molecular weight excluding hydrogens is 336 g/mol. The number of hydrogen-bond donors (Lipinski definition) is 2. The number of nitriles is 1. The van der Waals surface area contributed by atoms with Gasteiger partial charge in [-0.05, 0) is 42.8 Å². The summed E-state index contributed by atoms with van der Waals surface area (Å²) in [6, 6.07) is 9.70. The van der Waals surface area contributed by atoms with Gasteiger partial charge in [-0.3, -0.25) is 4.79 Å². The molecule has 0 bridgehead atoms. The second-order valence-corrected chi connectivity index (χ2v) is 5.56. The summed E-state index contributed by atoms with van der Waals surface area (Å²) in [6.07, 6.45) is 0. The average molecular weight is 350 g/mol. The summed E-state index contributed by atoms with van der Waals surface area (Å²) >= 11 is 5.85. The van der Waals surface area contributed by atoms with Crippen molar-refractivity contribution in [1.82, 2.24) is 5.32 Å². The van der Waals surface area contributed by atoms with Gasteiger partial charge in [-0.15, -0.1) is 0 Å². The van der Waals surface area contributed by atoms with E-state index in [9.17, 15) is 13.6 Å². The number of anilines is 1. The fourth-order valence-electron chi connectivity index (χ4n) is 2.06. The van der Waals surface area contributed by atoms with Gasteiger partial charge in [0.25, 0.3) is 0 Å². The Morgan fingerprint density at radius 1 is 1.25 bits per heavy atom. The minimum atomic E-state index is -0.941. The van der Waals surface area contributed by atoms with Crippen molar-refractivity contribution in [1.29, 1.82) is 5.26 Å². The van der Waals surface area contributed by atoms with Crippen molar-refractivity contribution in [2.45, 2.75) is 13.0 Å². The Hall–Kier alpha value is -2.49. The summed E-state index contributed by atoms with van der Waals surface area (Å²) in [5.74, 6) is -2.25. The maximum atomic E-state index is 13.2. The molecule has 7 heteroatoms. The van der Waals surface area contributed by atoms with Gasteiger partial charge >= 0.3 is 0 Å². The SMILES string of the molecule is C[C@@H](NCC(=O)Nc1cc(Cl)ccc1C#N)c1ccc(F)c(F)c1. The van der Waals surface area contributed by atoms with Crippen LogP contribution in [-0.2, 0) is 4.79 Å². The first-order chi connectivity index (χ1) is 11.4. The van der Waals surface area contributed by atoms with Crippen molar-refractivity contribution in [2.75, 3.05) is 11.9 Å². The summed E-state index contributed by atoms with van der Waals surface area (Å²) in [7, 11) is 0. The van der Waals surface area contributed by atoms with Crippen LogP contribution in [0.2, 0.25) is 5.02 Å². The first kappa shape index (κ1) is 17.9. The van der Waals surface area contributed by atoms with Gasteiger partial charge in [0.1, 0.15) is 6.07 Å². The first-order valence-corrected chi connectivity index (χ1v) is 7.46. The molecule has 0 spiro atoms. The Morgan fingerprint density at radius 3 is 2.67 bits per heavy atom. The van der Waals surface area contributed by atoms with Gasteiger partial charge in [-0.1, -0.05) is 17.7 Å². The molecule has 2 rings (SSSR count). The fraction of sp³-hybridized carbons (Fsp3) is 0.176. The number of carbonyl (C=O) groups is 1. The zero-order chi connectivity index (χ0) is 17.7. The minimum Gasteiger partial charge on any atom is -0.324 e. The van der Waals surface area contributed by atoms with Crippen LogP contribution < -0.4 is 10.6 Å². The van der Waals surface area contributed by atoms with Crippen LogP contribution in [0.15, 0.2) is 36.4 Å². The summed E-state index contributed by atoms with van der Waals surface area (Å²) in [6.45, 7) is 1.65. The quantitative estimate of drug-likeness (QED) is 0.863. The first-order valence-electron chi connectivity index (χ1n) is 7.08. The molecule has 0 aliphatic carbocycles. The topological polar surface area (TPSA) is 64.9 Å². The third kappa shape index (κ3) is 4.51. The summed E-state index contributed by atoms with van der Waals surface area (Å²) in [5, 5.41) is 14.9. The Labute approximate surface area is 143 Å². The summed E-state index contributed by atoms with van der Waals surface area (Å²) in [4.78, 5) is 12.0. The molecule has 124 valence electrons. The fourth-order valence-corrected chi connectivity index (χ4v) is 2.23. The highest BCUT2D eigenvalue weighted by molar-refractivity contribution is 6.31. The molecule has 0 aliphatic rings. The summed E-state index contributed by atoms with van der Waals surface area (Å²) < 4.78 is 26.1. The van der Waals surface area contributed by atoms with E-state index >= 15 is 0 Å². The standard InChI is InChI=1S/C17H14ClF2N3O/c1-10(11-3-5-14(19)15(20)6-11)22-9-17(24)23-16-7-13(18)4-2-12(16)8-21/h2-7,10,22H,9H2,1H3,(H,23,24)/t10-/m1/s1. The highest BCUT2D eigenvalue weighted by Gasteiger charge is 2.12. The molecule has 4 nitrogen and oxygen atoms in total. The third-order valence-electron chi connectivity index (χ3n) is 3.39. The number of carbonyl (C=O) groups excluding carboxylic acids is 1. The van der Waals surface area contributed by atoms with Gasteiger partial charge in [0.05, 0.1) is 17.8 Å². The Bertz CT molecular complexity index is 805. The smallest absolute Gasteiger partial charge is 0.238 e. The average Bonchev–Trinajstić information content (AvgIpc) is 2.55. The number of nitrogens with zero attached hydrogens (tertiary/aromatic N) is 1. The molecule has 0 aromatic heterocycles. The van der Waals surface area contributed by atoms with E-state index in [1.807, 2.05) is 6.07 Å². The molecule has 0 fully saturated rings. The van der Waals surface area contributed by atoms with Crippen LogP contribution in [0.3, 0.4) is 0 Å². The number of benzene rings is 2. The normalized spacial score (nSPS) is 11.6. The van der Waals surface area contributed by atoms with Gasteiger partial charge in [-0.25, -0.2) is 8.78 Å². The molecule has 0 saturated carbocycles. The lowest BCUT2D eigenvalue weighted by Gasteiger charge is -2.15. The second kappa shape index (κ2) is 7.86. The summed E-state index contributed by atoms with van der Waals surface area (Å²) in [5.41, 5.74) is 1.13. The molecule has 2 N–H and O–H groups in total. The molecule has 24 heavy (non-hydrogen) atoms. The van der Waals surface area contributed by atoms with E-state index < -0.39 is 11.6 Å². The molecule has 0 saturated heterocycles. The Balaban J connectivity index is 1.97. The molecule has 2 aromatic rings. The van der Waals surface area contributed by atoms with E-state index in [2.05, 4.69) is 10.6 Å². The van der Waals surface area contributed by atoms with Crippen LogP contribution in [0.25, 0.3) is 0 Å². The van der Waals surface area contributed by atoms with Crippen LogP contribution in [0.5, 0.6) is 0 Å². The maximum Gasteiger partial charge on any atom is 0.238 e. The minimum absolute atomic E-state index is 0.0719. The highest BCUT2D eigenvalue weighted by Crippen LogP contribution is 2.20. The Kier molecular flexibility index (Phi) is 5.85. The van der Waals surface area contributed by atoms with Gasteiger partial charge in [0.2, 0.25) is 5.91 Å². The van der Waals surface area contributed by atoms with Gasteiger partial charge in [0.15, 0.2) is 11.6 Å². The molecule has 0 radical (unpaired) electrons. The van der Waals surface area contributed by atoms with Crippen LogP contribution in [-0.4, -0.2) is 12.5 Å². The van der Waals surface area contributed by atoms with E-state index in [0.717, 1.165) is 12.1 Å². The zero-order valence-electron chi connectivity index (χ0n) is 12.7. The lowest BCUT2D eigenvalue weighted by Crippen LogP contribution is -2.30. The maximum absolute atomic E-state index is 13.2. The van der Waals surface area contributed by atoms with E-state index in [0.29, 0.717) is 21.8 Å². The van der Waals surface area contributed by atoms with E-state index in [1.54, 1.807) is 13.0 Å². The van der Waals surface area contributed by atoms with Crippen molar-refractivity contribution in [3.05, 3.63) is 64.2 Å². The lowest BCUT2D eigenvalue weighted by molar-refractivity contribution is -0.115. The van der Waals surface area contributed by atoms with Gasteiger partial charge in [0, 0.05) is 11.1 Å². The van der Waals surface area contributed by atoms with Crippen LogP contribution in [0.4, 0.5) is 14.5 Å². The molecule has 0 aliphatic heterocycles. The second-order valence-electron chi connectivity index (χ2n) is 5.13. The van der Waals surface area contributed by atoms with E-state index in [1.165, 1.54) is 18.2 Å². The van der Waals surface area contributed by atoms with Gasteiger partial charge in [-0.2, -0.15) is 5.26 Å². The number of hydrogen-bond acceptors (Lipinski definition) is 3. The number of nitrogens with one attached hydrogen (secondary N) is 2. The lowest BCUT2D eigenvalue weighted by atomic mass is 10.1. The van der Waals surface area contributed by atoms with Crippen LogP contribution in [0.1, 0.15) is 24.1 Å². The van der Waals surface area contributed by atoms with E-state index in [4.69, 9.17) is 16.9 Å². The third-order valence-corrected chi connectivity index (χ3v) is 3.62. The molecule has 0 heterocycles. The molecular formula is C17H14ClF2N3O. The van der Waals surface area contributed by atoms with Crippen molar-refractivity contribution in [3.63, 3.8) is 0 Å². The zero-order valence-corrected chi connectivity index (χ0v) is 13.5. The predicted molar refractivity (Wildman–Crippen MR) is 87.6 cm³/mol. The largest absolute Gasteiger partial charge is 0.324 e. The highest BCUT2D eigenvalue weighted by atomic mass is 35.5. The van der Waals surface area contributed by atoms with Crippen molar-refractivity contribution in [3.8, 4) is 6.07 Å². The van der Waals surface area contributed by atoms with Crippen LogP contribution in [0, 0.1) is 23.0 Å². The Morgan fingerprint density at radius 2 is 2.00 bits per heavy atom. The molecule has 0 unspecified atom stereocenters. The van der Waals surface area contributed by atoms with Crippen LogP contribution >= 0.6 is 11.6 Å². The molecule has 1 amide bonds. The number of halogens is 3. The molecule has 1 atom stereocenters. The predicted octanol–water partition coefficient (Wildman–Crippen LogP) is 3.78. The van der Waals surface area contributed by atoms with Crippen molar-refractivity contribution < 1.29 is 13.6 Å². The van der Waals surface area contributed by atoms with E-state index in [-0.39, 0.29) is 18.5 Å². The van der Waals surface area contributed by atoms with Crippen molar-refractivity contribution >= 4 is 23.2 Å². The van der Waals surface area contributed by atoms with Gasteiger partial charge < -0.3 is 10.6 Å². The number of amides is 1. The molecule has 2 aromatic carbocycles. The number of rotatable bonds is 5.